The average Bonchev–Trinajstić information content (AvgIpc) is 3.07. The molecule has 8 heteroatoms. The predicted octanol–water partition coefficient (Wildman–Crippen LogP) is 3.85. The van der Waals surface area contributed by atoms with E-state index in [0.29, 0.717) is 22.2 Å². The van der Waals surface area contributed by atoms with Gasteiger partial charge in [-0.05, 0) is 37.3 Å². The Morgan fingerprint density at radius 1 is 1.11 bits per heavy atom. The Labute approximate surface area is 168 Å². The molecule has 28 heavy (non-hydrogen) atoms. The van der Waals surface area contributed by atoms with Gasteiger partial charge in [0.2, 0.25) is 0 Å². The second-order valence-corrected chi connectivity index (χ2v) is 7.45. The summed E-state index contributed by atoms with van der Waals surface area (Å²) in [6, 6.07) is 9.17. The van der Waals surface area contributed by atoms with Crippen molar-refractivity contribution in [2.45, 2.75) is 6.92 Å². The van der Waals surface area contributed by atoms with Gasteiger partial charge in [-0.15, -0.1) is 11.3 Å². The Morgan fingerprint density at radius 2 is 1.86 bits per heavy atom. The first kappa shape index (κ1) is 19.6. The fourth-order valence-electron chi connectivity index (χ4n) is 2.66. The summed E-state index contributed by atoms with van der Waals surface area (Å²) < 4.78 is 10.6. The van der Waals surface area contributed by atoms with Crippen LogP contribution in [-0.4, -0.2) is 44.2 Å². The van der Waals surface area contributed by atoms with Crippen LogP contribution in [0.4, 0.5) is 10.9 Å². The van der Waals surface area contributed by atoms with Gasteiger partial charge in [0.25, 0.3) is 5.91 Å². The van der Waals surface area contributed by atoms with Gasteiger partial charge in [-0.25, -0.2) is 9.97 Å². The van der Waals surface area contributed by atoms with E-state index < -0.39 is 0 Å². The third-order valence-electron chi connectivity index (χ3n) is 4.14. The number of pyridine rings is 1. The zero-order chi connectivity index (χ0) is 20.3. The van der Waals surface area contributed by atoms with Crippen LogP contribution in [0.15, 0.2) is 36.5 Å². The lowest BCUT2D eigenvalue weighted by Crippen LogP contribution is -2.14. The fraction of sp³-hybridized carbons (Fsp3) is 0.250. The largest absolute Gasteiger partial charge is 0.493 e. The summed E-state index contributed by atoms with van der Waals surface area (Å²) in [5, 5.41) is 3.38. The molecule has 3 rings (SSSR count). The number of nitrogens with zero attached hydrogens (tertiary/aromatic N) is 3. The van der Waals surface area contributed by atoms with E-state index in [4.69, 9.17) is 9.47 Å². The number of anilines is 2. The van der Waals surface area contributed by atoms with E-state index in [0.717, 1.165) is 22.0 Å². The van der Waals surface area contributed by atoms with E-state index in [1.165, 1.54) is 11.3 Å². The Hall–Kier alpha value is -3.13. The van der Waals surface area contributed by atoms with E-state index in [-0.39, 0.29) is 5.91 Å². The summed E-state index contributed by atoms with van der Waals surface area (Å²) >= 11 is 1.42. The van der Waals surface area contributed by atoms with Crippen molar-refractivity contribution < 1.29 is 14.3 Å². The first-order valence-electron chi connectivity index (χ1n) is 8.57. The lowest BCUT2D eigenvalue weighted by atomic mass is 10.1. The molecule has 0 saturated heterocycles. The fourth-order valence-corrected chi connectivity index (χ4v) is 3.49. The van der Waals surface area contributed by atoms with Crippen LogP contribution in [0.3, 0.4) is 0 Å². The SMILES string of the molecule is COc1ccc(-c2nc(NC(=O)c3ccc(N(C)C)nc3)sc2C)cc1OC. The monoisotopic (exact) mass is 398 g/mol. The Kier molecular flexibility index (Phi) is 5.79. The Balaban J connectivity index is 1.81. The predicted molar refractivity (Wildman–Crippen MR) is 112 cm³/mol. The van der Waals surface area contributed by atoms with Crippen molar-refractivity contribution in [2.75, 3.05) is 38.5 Å². The van der Waals surface area contributed by atoms with Crippen LogP contribution >= 0.6 is 11.3 Å². The maximum Gasteiger partial charge on any atom is 0.259 e. The molecular weight excluding hydrogens is 376 g/mol. The zero-order valence-corrected chi connectivity index (χ0v) is 17.3. The Bertz CT molecular complexity index is 984. The van der Waals surface area contributed by atoms with Crippen LogP contribution in [0, 0.1) is 6.92 Å². The molecule has 146 valence electrons. The molecule has 0 aliphatic rings. The van der Waals surface area contributed by atoms with Crippen LogP contribution in [0.1, 0.15) is 15.2 Å². The summed E-state index contributed by atoms with van der Waals surface area (Å²) in [5.74, 6) is 1.83. The van der Waals surface area contributed by atoms with Gasteiger partial charge in [-0.3, -0.25) is 10.1 Å². The van der Waals surface area contributed by atoms with Crippen molar-refractivity contribution in [3.8, 4) is 22.8 Å². The summed E-state index contributed by atoms with van der Waals surface area (Å²) in [7, 11) is 6.99. The number of aromatic nitrogens is 2. The van der Waals surface area contributed by atoms with Crippen molar-refractivity contribution in [3.63, 3.8) is 0 Å². The highest BCUT2D eigenvalue weighted by Crippen LogP contribution is 2.36. The number of amides is 1. The molecular formula is C20H22N4O3S. The molecule has 2 aromatic heterocycles. The van der Waals surface area contributed by atoms with Crippen LogP contribution in [0.5, 0.6) is 11.5 Å². The molecule has 0 unspecified atom stereocenters. The Morgan fingerprint density at radius 3 is 2.46 bits per heavy atom. The van der Waals surface area contributed by atoms with Gasteiger partial charge in [-0.1, -0.05) is 0 Å². The molecule has 0 saturated carbocycles. The van der Waals surface area contributed by atoms with Gasteiger partial charge in [-0.2, -0.15) is 0 Å². The molecule has 1 amide bonds. The van der Waals surface area contributed by atoms with E-state index in [1.807, 2.05) is 44.1 Å². The number of hydrogen-bond donors (Lipinski definition) is 1. The normalized spacial score (nSPS) is 10.5. The van der Waals surface area contributed by atoms with Crippen molar-refractivity contribution in [2.24, 2.45) is 0 Å². The number of rotatable bonds is 6. The number of benzene rings is 1. The number of aryl methyl sites for hydroxylation is 1. The van der Waals surface area contributed by atoms with Crippen LogP contribution in [0.25, 0.3) is 11.3 Å². The molecule has 2 heterocycles. The lowest BCUT2D eigenvalue weighted by Gasteiger charge is -2.10. The molecule has 1 N–H and O–H groups in total. The van der Waals surface area contributed by atoms with Crippen molar-refractivity contribution >= 4 is 28.2 Å². The number of carbonyl (C=O) groups excluding carboxylic acids is 1. The highest BCUT2D eigenvalue weighted by Gasteiger charge is 2.15. The summed E-state index contributed by atoms with van der Waals surface area (Å²) in [6.45, 7) is 1.97. The minimum absolute atomic E-state index is 0.245. The number of methoxy groups -OCH3 is 2. The van der Waals surface area contributed by atoms with E-state index in [9.17, 15) is 4.79 Å². The first-order valence-corrected chi connectivity index (χ1v) is 9.39. The minimum Gasteiger partial charge on any atom is -0.493 e. The summed E-state index contributed by atoms with van der Waals surface area (Å²) in [5.41, 5.74) is 2.16. The van der Waals surface area contributed by atoms with E-state index in [1.54, 1.807) is 32.5 Å². The third kappa shape index (κ3) is 4.07. The third-order valence-corrected chi connectivity index (χ3v) is 5.03. The van der Waals surface area contributed by atoms with E-state index >= 15 is 0 Å². The number of hydrogen-bond acceptors (Lipinski definition) is 7. The van der Waals surface area contributed by atoms with E-state index in [2.05, 4.69) is 15.3 Å². The maximum absolute atomic E-state index is 12.5. The topological polar surface area (TPSA) is 76.6 Å². The zero-order valence-electron chi connectivity index (χ0n) is 16.4. The van der Waals surface area contributed by atoms with Crippen molar-refractivity contribution in [1.29, 1.82) is 0 Å². The number of ether oxygens (including phenoxy) is 2. The lowest BCUT2D eigenvalue weighted by molar-refractivity contribution is 0.102. The maximum atomic E-state index is 12.5. The number of nitrogens with one attached hydrogen (secondary N) is 1. The standard InChI is InChI=1S/C20H22N4O3S/c1-12-18(13-6-8-15(26-4)16(10-13)27-5)22-20(28-12)23-19(25)14-7-9-17(21-11-14)24(2)3/h6-11H,1-5H3,(H,22,23,25). The second kappa shape index (κ2) is 8.26. The molecule has 0 atom stereocenters. The average molecular weight is 398 g/mol. The first-order chi connectivity index (χ1) is 13.4. The minimum atomic E-state index is -0.245. The smallest absolute Gasteiger partial charge is 0.259 e. The van der Waals surface area contributed by atoms with Crippen molar-refractivity contribution in [1.82, 2.24) is 9.97 Å². The van der Waals surface area contributed by atoms with Gasteiger partial charge in [0, 0.05) is 30.7 Å². The molecule has 3 aromatic rings. The van der Waals surface area contributed by atoms with Gasteiger partial charge >= 0.3 is 0 Å². The molecule has 0 aliphatic heterocycles. The molecule has 0 fully saturated rings. The van der Waals surface area contributed by atoms with Crippen LogP contribution in [0.2, 0.25) is 0 Å². The van der Waals surface area contributed by atoms with Gasteiger partial charge in [0.05, 0.1) is 25.5 Å². The molecule has 0 bridgehead atoms. The summed E-state index contributed by atoms with van der Waals surface area (Å²) in [4.78, 5) is 24.2. The number of carbonyl (C=O) groups is 1. The molecule has 0 spiro atoms. The second-order valence-electron chi connectivity index (χ2n) is 6.25. The highest BCUT2D eigenvalue weighted by atomic mass is 32.1. The molecule has 7 nitrogen and oxygen atoms in total. The van der Waals surface area contributed by atoms with Crippen LogP contribution < -0.4 is 19.7 Å². The highest BCUT2D eigenvalue weighted by molar-refractivity contribution is 7.16. The van der Waals surface area contributed by atoms with Gasteiger partial charge in [0.1, 0.15) is 5.82 Å². The molecule has 0 aliphatic carbocycles. The van der Waals surface area contributed by atoms with Crippen molar-refractivity contribution in [3.05, 3.63) is 47.0 Å². The number of thiazole rings is 1. The quantitative estimate of drug-likeness (QED) is 0.680. The van der Waals surface area contributed by atoms with Gasteiger partial charge < -0.3 is 14.4 Å². The molecule has 0 radical (unpaired) electrons. The van der Waals surface area contributed by atoms with Crippen LogP contribution in [-0.2, 0) is 0 Å². The van der Waals surface area contributed by atoms with Gasteiger partial charge in [0.15, 0.2) is 16.6 Å². The molecule has 1 aromatic carbocycles. The summed E-state index contributed by atoms with van der Waals surface area (Å²) in [6.07, 6.45) is 1.56.